The van der Waals surface area contributed by atoms with Gasteiger partial charge in [-0.1, -0.05) is 31.6 Å². The van der Waals surface area contributed by atoms with Crippen LogP contribution >= 0.6 is 0 Å². The number of hydrogen-bond acceptors (Lipinski definition) is 3. The number of H-pyrrole nitrogens is 1. The van der Waals surface area contributed by atoms with Crippen molar-refractivity contribution in [1.29, 1.82) is 5.41 Å². The first kappa shape index (κ1) is 19.4. The lowest BCUT2D eigenvalue weighted by Gasteiger charge is -2.07. The third-order valence-electron chi connectivity index (χ3n) is 4.18. The summed E-state index contributed by atoms with van der Waals surface area (Å²) in [5, 5.41) is 17.8. The maximum atomic E-state index is 14.3. The summed E-state index contributed by atoms with van der Waals surface area (Å²) < 4.78 is 27.3. The Morgan fingerprint density at radius 2 is 1.96 bits per heavy atom. The van der Waals surface area contributed by atoms with Gasteiger partial charge in [0.1, 0.15) is 11.6 Å². The van der Waals surface area contributed by atoms with Crippen LogP contribution in [0.2, 0.25) is 0 Å². The lowest BCUT2D eigenvalue weighted by Crippen LogP contribution is -2.16. The van der Waals surface area contributed by atoms with E-state index in [0.29, 0.717) is 28.7 Å². The lowest BCUT2D eigenvalue weighted by molar-refractivity contribution is -0.115. The minimum absolute atomic E-state index is 0.0413. The van der Waals surface area contributed by atoms with Crippen molar-refractivity contribution in [1.82, 2.24) is 10.2 Å². The van der Waals surface area contributed by atoms with Gasteiger partial charge in [-0.2, -0.15) is 5.10 Å². The number of rotatable bonds is 7. The summed E-state index contributed by atoms with van der Waals surface area (Å²) in [7, 11) is 0. The van der Waals surface area contributed by atoms with Crippen molar-refractivity contribution in [2.24, 2.45) is 0 Å². The molecule has 3 rings (SSSR count). The molecule has 5 nitrogen and oxygen atoms in total. The molecule has 1 heterocycles. The largest absolute Gasteiger partial charge is 0.323 e. The number of carbonyl (C=O) groups excluding carboxylic acids is 1. The highest BCUT2D eigenvalue weighted by molar-refractivity contribution is 6.06. The number of hydrogen-bond donors (Lipinski definition) is 3. The van der Waals surface area contributed by atoms with E-state index in [4.69, 9.17) is 5.41 Å². The van der Waals surface area contributed by atoms with Crippen LogP contribution < -0.4 is 5.32 Å². The van der Waals surface area contributed by atoms with Crippen molar-refractivity contribution in [3.05, 3.63) is 59.3 Å². The first-order valence-corrected chi connectivity index (χ1v) is 8.93. The van der Waals surface area contributed by atoms with Gasteiger partial charge in [-0.15, -0.1) is 0 Å². The van der Waals surface area contributed by atoms with Gasteiger partial charge in [-0.05, 0) is 36.3 Å². The molecular formula is C21H20F2N4O. The van der Waals surface area contributed by atoms with Gasteiger partial charge in [0.15, 0.2) is 0 Å². The minimum atomic E-state index is -0.583. The molecule has 0 unspecified atom stereocenters. The molecule has 144 valence electrons. The molecule has 1 aromatic heterocycles. The van der Waals surface area contributed by atoms with E-state index in [9.17, 15) is 13.6 Å². The van der Waals surface area contributed by atoms with Crippen LogP contribution in [0.5, 0.6) is 0 Å². The molecule has 0 aliphatic rings. The van der Waals surface area contributed by atoms with Crippen molar-refractivity contribution >= 4 is 40.4 Å². The second-order valence-electron chi connectivity index (χ2n) is 6.45. The number of fused-ring (bicyclic) bond motifs is 1. The Morgan fingerprint density at radius 3 is 2.68 bits per heavy atom. The molecule has 3 aromatic rings. The highest BCUT2D eigenvalue weighted by Gasteiger charge is 2.13. The van der Waals surface area contributed by atoms with Gasteiger partial charge in [-0.25, -0.2) is 8.78 Å². The van der Waals surface area contributed by atoms with E-state index in [1.807, 2.05) is 6.92 Å². The zero-order valence-corrected chi connectivity index (χ0v) is 15.4. The summed E-state index contributed by atoms with van der Waals surface area (Å²) in [4.78, 5) is 12.1. The summed E-state index contributed by atoms with van der Waals surface area (Å²) in [5.74, 6) is -1.32. The average molecular weight is 382 g/mol. The molecule has 0 radical (unpaired) electrons. The van der Waals surface area contributed by atoms with Crippen molar-refractivity contribution < 1.29 is 13.6 Å². The molecule has 0 bridgehead atoms. The quantitative estimate of drug-likeness (QED) is 0.493. The lowest BCUT2D eigenvalue weighted by atomic mass is 10.1. The Balaban J connectivity index is 1.82. The maximum Gasteiger partial charge on any atom is 0.230 e. The molecule has 28 heavy (non-hydrogen) atoms. The van der Waals surface area contributed by atoms with E-state index in [2.05, 4.69) is 15.5 Å². The first-order chi connectivity index (χ1) is 13.5. The van der Waals surface area contributed by atoms with Crippen LogP contribution in [0.15, 0.2) is 36.4 Å². The Bertz CT molecular complexity index is 1040. The Kier molecular flexibility index (Phi) is 5.93. The van der Waals surface area contributed by atoms with Crippen LogP contribution in [-0.4, -0.2) is 21.8 Å². The third-order valence-corrected chi connectivity index (χ3v) is 4.18. The van der Waals surface area contributed by atoms with E-state index in [1.165, 1.54) is 24.3 Å². The normalized spacial score (nSPS) is 11.2. The van der Waals surface area contributed by atoms with Crippen LogP contribution in [0.3, 0.4) is 0 Å². The fourth-order valence-corrected chi connectivity index (χ4v) is 2.81. The summed E-state index contributed by atoms with van der Waals surface area (Å²) in [6.07, 6.45) is 4.75. The van der Waals surface area contributed by atoms with Gasteiger partial charge in [0.25, 0.3) is 0 Å². The second kappa shape index (κ2) is 8.56. The average Bonchev–Trinajstić information content (AvgIpc) is 3.03. The van der Waals surface area contributed by atoms with Gasteiger partial charge in [0.2, 0.25) is 5.91 Å². The van der Waals surface area contributed by atoms with Crippen molar-refractivity contribution in [3.63, 3.8) is 0 Å². The number of nitrogens with one attached hydrogen (secondary N) is 3. The predicted molar refractivity (Wildman–Crippen MR) is 107 cm³/mol. The highest BCUT2D eigenvalue weighted by Crippen LogP contribution is 2.25. The summed E-state index contributed by atoms with van der Waals surface area (Å²) >= 11 is 0. The number of nitrogens with zero attached hydrogens (tertiary/aromatic N) is 1. The number of benzene rings is 2. The number of amides is 1. The highest BCUT2D eigenvalue weighted by atomic mass is 19.1. The fourth-order valence-electron chi connectivity index (χ4n) is 2.81. The fraction of sp³-hybridized carbons (Fsp3) is 0.190. The van der Waals surface area contributed by atoms with Crippen molar-refractivity contribution in [3.8, 4) is 0 Å². The summed E-state index contributed by atoms with van der Waals surface area (Å²) in [6, 6.07) is 8.78. The zero-order chi connectivity index (χ0) is 20.1. The number of aromatic amines is 1. The Hall–Kier alpha value is -3.35. The van der Waals surface area contributed by atoms with Gasteiger partial charge < -0.3 is 10.7 Å². The van der Waals surface area contributed by atoms with Gasteiger partial charge in [0.05, 0.1) is 23.3 Å². The molecule has 0 saturated heterocycles. The molecule has 7 heteroatoms. The number of aromatic nitrogens is 2. The molecule has 1 amide bonds. The van der Waals surface area contributed by atoms with E-state index < -0.39 is 11.7 Å². The first-order valence-electron chi connectivity index (χ1n) is 8.93. The van der Waals surface area contributed by atoms with Crippen LogP contribution in [0, 0.1) is 17.0 Å². The van der Waals surface area contributed by atoms with Crippen LogP contribution in [0.25, 0.3) is 23.1 Å². The molecule has 3 N–H and O–H groups in total. The maximum absolute atomic E-state index is 14.3. The zero-order valence-electron chi connectivity index (χ0n) is 15.4. The smallest absolute Gasteiger partial charge is 0.230 e. The second-order valence-corrected chi connectivity index (χ2v) is 6.45. The molecule has 2 aromatic carbocycles. The van der Waals surface area contributed by atoms with Gasteiger partial charge in [-0.3, -0.25) is 9.89 Å². The Labute approximate surface area is 161 Å². The molecular weight excluding hydrogens is 362 g/mol. The monoisotopic (exact) mass is 382 g/mol. The SMILES string of the molecule is CCCC(=N)CC(=O)Nc1cc2c(/C=C/c3ccc(F)cc3)n[nH]c2cc1F. The molecule has 0 fully saturated rings. The van der Waals surface area contributed by atoms with Crippen molar-refractivity contribution in [2.45, 2.75) is 26.2 Å². The van der Waals surface area contributed by atoms with Gasteiger partial charge in [0, 0.05) is 17.2 Å². The molecule has 0 atom stereocenters. The van der Waals surface area contributed by atoms with Crippen LogP contribution in [0.1, 0.15) is 37.4 Å². The Morgan fingerprint density at radius 1 is 1.21 bits per heavy atom. The molecule has 0 spiro atoms. The van der Waals surface area contributed by atoms with Crippen molar-refractivity contribution in [2.75, 3.05) is 5.32 Å². The van der Waals surface area contributed by atoms with E-state index in [-0.39, 0.29) is 17.9 Å². The summed E-state index contributed by atoms with van der Waals surface area (Å²) in [5.41, 5.74) is 2.21. The predicted octanol–water partition coefficient (Wildman–Crippen LogP) is 5.16. The van der Waals surface area contributed by atoms with Crippen LogP contribution in [0.4, 0.5) is 14.5 Å². The van der Waals surface area contributed by atoms with E-state index >= 15 is 0 Å². The van der Waals surface area contributed by atoms with Crippen LogP contribution in [-0.2, 0) is 4.79 Å². The standard InChI is InChI=1S/C21H20F2N4O/c1-2-3-15(24)10-21(28)25-20-11-16-18(26-27-19(16)12-17(20)23)9-6-13-4-7-14(22)8-5-13/h4-9,11-12,24H,2-3,10H2,1H3,(H,25,28)(H,26,27)/b9-6+,24-15?. The molecule has 0 saturated carbocycles. The molecule has 0 aliphatic heterocycles. The van der Waals surface area contributed by atoms with Gasteiger partial charge >= 0.3 is 0 Å². The topological polar surface area (TPSA) is 81.6 Å². The number of anilines is 1. The third kappa shape index (κ3) is 4.68. The van der Waals surface area contributed by atoms with E-state index in [1.54, 1.807) is 24.3 Å². The number of halogens is 2. The van der Waals surface area contributed by atoms with E-state index in [0.717, 1.165) is 12.0 Å². The summed E-state index contributed by atoms with van der Waals surface area (Å²) in [6.45, 7) is 1.93. The number of carbonyl (C=O) groups is 1. The molecule has 0 aliphatic carbocycles. The minimum Gasteiger partial charge on any atom is -0.323 e.